The van der Waals surface area contributed by atoms with Crippen LogP contribution in [-0.2, 0) is 19.4 Å². The number of piperidine rings is 1. The Labute approximate surface area is 149 Å². The first kappa shape index (κ1) is 15.1. The number of aromatic nitrogens is 1. The number of pyridine rings is 1. The van der Waals surface area contributed by atoms with Gasteiger partial charge in [0, 0.05) is 30.7 Å². The molecule has 25 heavy (non-hydrogen) atoms. The average Bonchev–Trinajstić information content (AvgIpc) is 2.63. The van der Waals surface area contributed by atoms with Crippen molar-refractivity contribution in [3.63, 3.8) is 0 Å². The molecule has 1 aromatic heterocycles. The van der Waals surface area contributed by atoms with Crippen LogP contribution in [-0.4, -0.2) is 22.5 Å². The summed E-state index contributed by atoms with van der Waals surface area (Å²) in [5.74, 6) is 0.785. The Kier molecular flexibility index (Phi) is 3.79. The Bertz CT molecular complexity index is 896. The lowest BCUT2D eigenvalue weighted by atomic mass is 9.80. The van der Waals surface area contributed by atoms with E-state index in [1.807, 2.05) is 6.20 Å². The van der Waals surface area contributed by atoms with Gasteiger partial charge < -0.3 is 0 Å². The number of benzene rings is 2. The maximum atomic E-state index is 4.74. The number of fused-ring (bicyclic) bond motifs is 3. The topological polar surface area (TPSA) is 16.1 Å². The Morgan fingerprint density at radius 2 is 1.68 bits per heavy atom. The van der Waals surface area contributed by atoms with E-state index >= 15 is 0 Å². The molecule has 3 aromatic rings. The van der Waals surface area contributed by atoms with Gasteiger partial charge in [0.05, 0.1) is 5.69 Å². The van der Waals surface area contributed by atoms with E-state index in [-0.39, 0.29) is 0 Å². The fourth-order valence-electron chi connectivity index (χ4n) is 4.80. The van der Waals surface area contributed by atoms with Crippen LogP contribution in [0.2, 0.25) is 0 Å². The van der Waals surface area contributed by atoms with E-state index in [0.717, 1.165) is 12.5 Å². The minimum Gasteiger partial charge on any atom is -0.294 e. The summed E-state index contributed by atoms with van der Waals surface area (Å²) in [6.45, 7) is 2.19. The Morgan fingerprint density at radius 3 is 2.60 bits per heavy atom. The van der Waals surface area contributed by atoms with Crippen LogP contribution >= 0.6 is 0 Å². The third kappa shape index (κ3) is 2.85. The van der Waals surface area contributed by atoms with Crippen LogP contribution in [0.1, 0.15) is 29.7 Å². The van der Waals surface area contributed by atoms with E-state index in [0.29, 0.717) is 6.04 Å². The highest BCUT2D eigenvalue weighted by atomic mass is 15.2. The molecular formula is C23H24N2. The van der Waals surface area contributed by atoms with Crippen molar-refractivity contribution in [2.45, 2.75) is 38.3 Å². The van der Waals surface area contributed by atoms with Gasteiger partial charge in [0.2, 0.25) is 0 Å². The minimum absolute atomic E-state index is 0.651. The van der Waals surface area contributed by atoms with Gasteiger partial charge in [0.15, 0.2) is 0 Å². The smallest absolute Gasteiger partial charge is 0.0622 e. The second kappa shape index (κ2) is 6.27. The quantitative estimate of drug-likeness (QED) is 0.683. The fraction of sp³-hybridized carbons (Fsp3) is 0.348. The highest BCUT2D eigenvalue weighted by molar-refractivity contribution is 5.84. The van der Waals surface area contributed by atoms with Crippen molar-refractivity contribution in [3.8, 4) is 0 Å². The second-order valence-corrected chi connectivity index (χ2v) is 7.68. The Morgan fingerprint density at radius 1 is 0.880 bits per heavy atom. The molecule has 0 N–H and O–H groups in total. The zero-order valence-corrected chi connectivity index (χ0v) is 14.6. The summed E-state index contributed by atoms with van der Waals surface area (Å²) in [5, 5.41) is 2.61. The molecule has 6 rings (SSSR count). The third-order valence-corrected chi connectivity index (χ3v) is 6.11. The molecule has 2 atom stereocenters. The van der Waals surface area contributed by atoms with Gasteiger partial charge >= 0.3 is 0 Å². The molecule has 0 amide bonds. The lowest BCUT2D eigenvalue weighted by Crippen LogP contribution is -2.46. The molecule has 2 bridgehead atoms. The molecule has 2 heteroatoms. The lowest BCUT2D eigenvalue weighted by molar-refractivity contribution is 0.0930. The van der Waals surface area contributed by atoms with Gasteiger partial charge in [-0.25, -0.2) is 0 Å². The van der Waals surface area contributed by atoms with E-state index in [2.05, 4.69) is 59.5 Å². The molecule has 0 saturated carbocycles. The highest BCUT2D eigenvalue weighted by Crippen LogP contribution is 2.33. The summed E-state index contributed by atoms with van der Waals surface area (Å²) >= 11 is 0. The van der Waals surface area contributed by atoms with Gasteiger partial charge in [-0.3, -0.25) is 9.88 Å². The van der Waals surface area contributed by atoms with Crippen LogP contribution in [0.5, 0.6) is 0 Å². The van der Waals surface area contributed by atoms with E-state index in [9.17, 15) is 0 Å². The molecule has 3 aliphatic rings. The average molecular weight is 328 g/mol. The zero-order valence-electron chi connectivity index (χ0n) is 14.6. The first-order valence-electron chi connectivity index (χ1n) is 9.50. The van der Waals surface area contributed by atoms with Gasteiger partial charge in [-0.15, -0.1) is 0 Å². The van der Waals surface area contributed by atoms with Gasteiger partial charge in [0.1, 0.15) is 0 Å². The monoisotopic (exact) mass is 328 g/mol. The van der Waals surface area contributed by atoms with Crippen molar-refractivity contribution in [1.29, 1.82) is 0 Å². The van der Waals surface area contributed by atoms with Crippen molar-refractivity contribution in [2.24, 2.45) is 5.92 Å². The normalized spacial score (nSPS) is 23.2. The molecule has 2 aliphatic heterocycles. The SMILES string of the molecule is c1ccc2c(c1)C[C@H]1CC[C@H](C2)N(Cc2nccc3ccccc23)C1. The molecule has 1 saturated heterocycles. The lowest BCUT2D eigenvalue weighted by Gasteiger charge is -2.42. The largest absolute Gasteiger partial charge is 0.294 e. The van der Waals surface area contributed by atoms with E-state index in [1.165, 1.54) is 48.7 Å². The van der Waals surface area contributed by atoms with Crippen LogP contribution in [0, 0.1) is 5.92 Å². The fourth-order valence-corrected chi connectivity index (χ4v) is 4.80. The minimum atomic E-state index is 0.651. The molecule has 1 fully saturated rings. The zero-order chi connectivity index (χ0) is 16.6. The highest BCUT2D eigenvalue weighted by Gasteiger charge is 2.32. The van der Waals surface area contributed by atoms with Crippen LogP contribution < -0.4 is 0 Å². The molecule has 3 heterocycles. The van der Waals surface area contributed by atoms with E-state index < -0.39 is 0 Å². The molecule has 0 unspecified atom stereocenters. The van der Waals surface area contributed by atoms with Gasteiger partial charge in [-0.2, -0.15) is 0 Å². The summed E-state index contributed by atoms with van der Waals surface area (Å²) in [6, 6.07) is 20.5. The van der Waals surface area contributed by atoms with Crippen LogP contribution in [0.4, 0.5) is 0 Å². The van der Waals surface area contributed by atoms with Gasteiger partial charge in [0.25, 0.3) is 0 Å². The van der Waals surface area contributed by atoms with Crippen LogP contribution in [0.15, 0.2) is 60.8 Å². The van der Waals surface area contributed by atoms with Gasteiger partial charge in [-0.05, 0) is 54.2 Å². The van der Waals surface area contributed by atoms with E-state index in [1.54, 1.807) is 11.1 Å². The van der Waals surface area contributed by atoms with Crippen molar-refractivity contribution in [3.05, 3.63) is 77.6 Å². The number of hydrogen-bond donors (Lipinski definition) is 0. The summed E-state index contributed by atoms with van der Waals surface area (Å²) in [4.78, 5) is 7.45. The predicted molar refractivity (Wildman–Crippen MR) is 103 cm³/mol. The molecule has 0 spiro atoms. The van der Waals surface area contributed by atoms with Crippen LogP contribution in [0.25, 0.3) is 10.8 Å². The number of rotatable bonds is 2. The molecular weight excluding hydrogens is 304 g/mol. The maximum absolute atomic E-state index is 4.74. The predicted octanol–water partition coefficient (Wildman–Crippen LogP) is 4.61. The summed E-state index contributed by atoms with van der Waals surface area (Å²) in [6.07, 6.45) is 7.09. The molecule has 2 nitrogen and oxygen atoms in total. The van der Waals surface area contributed by atoms with Crippen molar-refractivity contribution in [1.82, 2.24) is 9.88 Å². The van der Waals surface area contributed by atoms with E-state index in [4.69, 9.17) is 4.98 Å². The third-order valence-electron chi connectivity index (χ3n) is 6.11. The van der Waals surface area contributed by atoms with Crippen molar-refractivity contribution < 1.29 is 0 Å². The Hall–Kier alpha value is -2.19. The first-order valence-corrected chi connectivity index (χ1v) is 9.50. The van der Waals surface area contributed by atoms with Crippen LogP contribution in [0.3, 0.4) is 0 Å². The van der Waals surface area contributed by atoms with Crippen molar-refractivity contribution >= 4 is 10.8 Å². The molecule has 0 radical (unpaired) electrons. The van der Waals surface area contributed by atoms with Crippen molar-refractivity contribution in [2.75, 3.05) is 6.54 Å². The number of nitrogens with zero attached hydrogens (tertiary/aromatic N) is 2. The maximum Gasteiger partial charge on any atom is 0.0622 e. The first-order chi connectivity index (χ1) is 12.4. The second-order valence-electron chi connectivity index (χ2n) is 7.68. The molecule has 1 aliphatic carbocycles. The number of hydrogen-bond acceptors (Lipinski definition) is 2. The summed E-state index contributed by atoms with van der Waals surface area (Å²) < 4.78 is 0. The Balaban J connectivity index is 1.47. The van der Waals surface area contributed by atoms with Gasteiger partial charge in [-0.1, -0.05) is 48.5 Å². The summed E-state index contributed by atoms with van der Waals surface area (Å²) in [5.41, 5.74) is 4.38. The molecule has 126 valence electrons. The standard InChI is InChI=1S/C23H24N2/c1-2-7-20-14-21-10-9-17(13-19(20)6-1)15-25(21)16-23-22-8-4-3-5-18(22)11-12-24-23/h1-8,11-12,17,21H,9-10,13-16H2/t17-,21-/m1/s1. The molecule has 2 aromatic carbocycles. The summed E-state index contributed by atoms with van der Waals surface area (Å²) in [7, 11) is 0.